The Morgan fingerprint density at radius 2 is 2.08 bits per heavy atom. The van der Waals surface area contributed by atoms with Gasteiger partial charge < -0.3 is 20.7 Å². The van der Waals surface area contributed by atoms with Crippen molar-refractivity contribution in [1.29, 1.82) is 0 Å². The largest absolute Gasteiger partial charge is 0.496 e. The van der Waals surface area contributed by atoms with Gasteiger partial charge in [0.2, 0.25) is 11.8 Å². The van der Waals surface area contributed by atoms with Crippen molar-refractivity contribution in [2.45, 2.75) is 45.2 Å². The van der Waals surface area contributed by atoms with Gasteiger partial charge in [-0.1, -0.05) is 32.0 Å². The molecule has 1 aliphatic heterocycles. The van der Waals surface area contributed by atoms with Crippen LogP contribution in [0.1, 0.15) is 32.3 Å². The van der Waals surface area contributed by atoms with Crippen molar-refractivity contribution in [3.63, 3.8) is 0 Å². The summed E-state index contributed by atoms with van der Waals surface area (Å²) in [5.74, 6) is 0.559. The van der Waals surface area contributed by atoms with Crippen molar-refractivity contribution < 1.29 is 14.3 Å². The first-order chi connectivity index (χ1) is 11.9. The molecule has 0 bridgehead atoms. The van der Waals surface area contributed by atoms with E-state index in [2.05, 4.69) is 5.32 Å². The zero-order valence-corrected chi connectivity index (χ0v) is 15.3. The number of para-hydroxylation sites is 1. The fraction of sp³-hybridized carbons (Fsp3) is 0.579. The minimum atomic E-state index is -0.587. The van der Waals surface area contributed by atoms with Crippen molar-refractivity contribution in [2.24, 2.45) is 11.7 Å². The lowest BCUT2D eigenvalue weighted by atomic mass is 10.0. The van der Waals surface area contributed by atoms with Crippen LogP contribution in [-0.2, 0) is 16.0 Å². The number of methoxy groups -OCH3 is 1. The summed E-state index contributed by atoms with van der Waals surface area (Å²) in [5.41, 5.74) is 6.91. The number of ether oxygens (including phenoxy) is 1. The average molecular weight is 347 g/mol. The quantitative estimate of drug-likeness (QED) is 0.779. The van der Waals surface area contributed by atoms with E-state index < -0.39 is 6.04 Å². The molecule has 3 N–H and O–H groups in total. The number of likely N-dealkylation sites (tertiary alicyclic amines) is 1. The lowest BCUT2D eigenvalue weighted by Crippen LogP contribution is -2.48. The minimum absolute atomic E-state index is 0.00166. The van der Waals surface area contributed by atoms with E-state index in [4.69, 9.17) is 10.5 Å². The van der Waals surface area contributed by atoms with Crippen molar-refractivity contribution in [1.82, 2.24) is 10.2 Å². The van der Waals surface area contributed by atoms with E-state index in [0.717, 1.165) is 37.1 Å². The molecule has 0 saturated carbocycles. The van der Waals surface area contributed by atoms with Crippen LogP contribution in [-0.4, -0.2) is 49.0 Å². The second-order valence-electron chi connectivity index (χ2n) is 6.89. The number of nitrogens with two attached hydrogens (primary N) is 1. The molecule has 6 nitrogen and oxygen atoms in total. The van der Waals surface area contributed by atoms with Gasteiger partial charge >= 0.3 is 0 Å². The maximum atomic E-state index is 12.5. The van der Waals surface area contributed by atoms with Gasteiger partial charge in [0.15, 0.2) is 0 Å². The van der Waals surface area contributed by atoms with E-state index in [0.29, 0.717) is 0 Å². The maximum Gasteiger partial charge on any atom is 0.242 e. The first kappa shape index (κ1) is 19.2. The van der Waals surface area contributed by atoms with Gasteiger partial charge in [-0.25, -0.2) is 0 Å². The number of benzene rings is 1. The van der Waals surface area contributed by atoms with E-state index in [1.54, 1.807) is 7.11 Å². The summed E-state index contributed by atoms with van der Waals surface area (Å²) in [6, 6.07) is 7.43. The topological polar surface area (TPSA) is 84.7 Å². The summed E-state index contributed by atoms with van der Waals surface area (Å²) < 4.78 is 5.40. The smallest absolute Gasteiger partial charge is 0.242 e. The number of rotatable bonds is 7. The third kappa shape index (κ3) is 4.95. The van der Waals surface area contributed by atoms with Crippen LogP contribution in [0.2, 0.25) is 0 Å². The van der Waals surface area contributed by atoms with E-state index in [9.17, 15) is 9.59 Å². The van der Waals surface area contributed by atoms with Gasteiger partial charge in [-0.05, 0) is 36.8 Å². The van der Waals surface area contributed by atoms with Gasteiger partial charge in [-0.15, -0.1) is 0 Å². The summed E-state index contributed by atoms with van der Waals surface area (Å²) >= 11 is 0. The van der Waals surface area contributed by atoms with Gasteiger partial charge in [0.25, 0.3) is 0 Å². The molecule has 1 aliphatic rings. The standard InChI is InChI=1S/C19H29N3O3/c1-13(2)18(20)19(24)21-12-17(23)22-10-6-8-15(22)11-14-7-4-5-9-16(14)25-3/h4-5,7,9,13,15,18H,6,8,10-12,20H2,1-3H3,(H,21,24)/t15?,18-/m0/s1. The molecule has 1 heterocycles. The highest BCUT2D eigenvalue weighted by Gasteiger charge is 2.29. The predicted octanol–water partition coefficient (Wildman–Crippen LogP) is 1.33. The Morgan fingerprint density at radius 1 is 1.36 bits per heavy atom. The highest BCUT2D eigenvalue weighted by Crippen LogP contribution is 2.26. The highest BCUT2D eigenvalue weighted by atomic mass is 16.5. The fourth-order valence-electron chi connectivity index (χ4n) is 3.19. The number of nitrogens with one attached hydrogen (secondary N) is 1. The number of carbonyl (C=O) groups is 2. The SMILES string of the molecule is COc1ccccc1CC1CCCN1C(=O)CNC(=O)[C@@H](N)C(C)C. The zero-order valence-electron chi connectivity index (χ0n) is 15.3. The highest BCUT2D eigenvalue weighted by molar-refractivity contribution is 5.87. The predicted molar refractivity (Wildman–Crippen MR) is 97.3 cm³/mol. The van der Waals surface area contributed by atoms with Crippen molar-refractivity contribution in [3.8, 4) is 5.75 Å². The molecule has 0 radical (unpaired) electrons. The Morgan fingerprint density at radius 3 is 2.76 bits per heavy atom. The number of nitrogens with zero attached hydrogens (tertiary/aromatic N) is 1. The molecule has 1 aromatic rings. The van der Waals surface area contributed by atoms with Gasteiger partial charge in [0.1, 0.15) is 5.75 Å². The number of hydrogen-bond donors (Lipinski definition) is 2. The second kappa shape index (κ2) is 8.85. The molecule has 0 aliphatic carbocycles. The molecular formula is C19H29N3O3. The molecule has 2 amide bonds. The second-order valence-corrected chi connectivity index (χ2v) is 6.89. The lowest BCUT2D eigenvalue weighted by Gasteiger charge is -2.26. The molecular weight excluding hydrogens is 318 g/mol. The van der Waals surface area contributed by atoms with E-state index in [1.807, 2.05) is 43.0 Å². The normalized spacial score (nSPS) is 18.3. The van der Waals surface area contributed by atoms with Crippen LogP contribution in [0.25, 0.3) is 0 Å². The Hall–Kier alpha value is -2.08. The third-order valence-corrected chi connectivity index (χ3v) is 4.78. The summed E-state index contributed by atoms with van der Waals surface area (Å²) in [6.07, 6.45) is 2.70. The summed E-state index contributed by atoms with van der Waals surface area (Å²) in [5, 5.41) is 2.67. The van der Waals surface area contributed by atoms with Crippen LogP contribution in [0.15, 0.2) is 24.3 Å². The molecule has 2 rings (SSSR count). The monoisotopic (exact) mass is 347 g/mol. The van der Waals surface area contributed by atoms with E-state index >= 15 is 0 Å². The Labute approximate surface area is 149 Å². The molecule has 1 aromatic carbocycles. The first-order valence-corrected chi connectivity index (χ1v) is 8.88. The molecule has 25 heavy (non-hydrogen) atoms. The van der Waals surface area contributed by atoms with Gasteiger partial charge in [-0.3, -0.25) is 9.59 Å². The van der Waals surface area contributed by atoms with Crippen LogP contribution in [0.3, 0.4) is 0 Å². The molecule has 2 atom stereocenters. The van der Waals surface area contributed by atoms with E-state index in [1.165, 1.54) is 0 Å². The third-order valence-electron chi connectivity index (χ3n) is 4.78. The molecule has 1 unspecified atom stereocenters. The Kier molecular flexibility index (Phi) is 6.82. The van der Waals surface area contributed by atoms with Crippen molar-refractivity contribution in [3.05, 3.63) is 29.8 Å². The molecule has 0 spiro atoms. The van der Waals surface area contributed by atoms with Crippen LogP contribution in [0.4, 0.5) is 0 Å². The molecule has 1 fully saturated rings. The van der Waals surface area contributed by atoms with Crippen LogP contribution in [0, 0.1) is 5.92 Å². The molecule has 138 valence electrons. The first-order valence-electron chi connectivity index (χ1n) is 8.88. The van der Waals surface area contributed by atoms with E-state index in [-0.39, 0.29) is 30.3 Å². The molecule has 1 saturated heterocycles. The van der Waals surface area contributed by atoms with Gasteiger partial charge in [0, 0.05) is 12.6 Å². The number of hydrogen-bond acceptors (Lipinski definition) is 4. The summed E-state index contributed by atoms with van der Waals surface area (Å²) in [6.45, 7) is 4.50. The lowest BCUT2D eigenvalue weighted by molar-refractivity contribution is -0.134. The summed E-state index contributed by atoms with van der Waals surface area (Å²) in [7, 11) is 1.66. The summed E-state index contributed by atoms with van der Waals surface area (Å²) in [4.78, 5) is 26.3. The van der Waals surface area contributed by atoms with Crippen molar-refractivity contribution in [2.75, 3.05) is 20.2 Å². The molecule has 0 aromatic heterocycles. The fourth-order valence-corrected chi connectivity index (χ4v) is 3.19. The average Bonchev–Trinajstić information content (AvgIpc) is 3.07. The van der Waals surface area contributed by atoms with Crippen LogP contribution >= 0.6 is 0 Å². The maximum absolute atomic E-state index is 12.5. The Balaban J connectivity index is 1.94. The van der Waals surface area contributed by atoms with Gasteiger partial charge in [0.05, 0.1) is 19.7 Å². The minimum Gasteiger partial charge on any atom is -0.496 e. The van der Waals surface area contributed by atoms with Crippen LogP contribution < -0.4 is 15.8 Å². The van der Waals surface area contributed by atoms with Gasteiger partial charge in [-0.2, -0.15) is 0 Å². The number of carbonyl (C=O) groups excluding carboxylic acids is 2. The van der Waals surface area contributed by atoms with Crippen LogP contribution in [0.5, 0.6) is 5.75 Å². The molecule has 6 heteroatoms. The van der Waals surface area contributed by atoms with Crippen molar-refractivity contribution >= 4 is 11.8 Å². The zero-order chi connectivity index (χ0) is 18.4. The number of amides is 2. The Bertz CT molecular complexity index is 603.